The van der Waals surface area contributed by atoms with Crippen molar-refractivity contribution in [3.8, 4) is 0 Å². The zero-order valence-electron chi connectivity index (χ0n) is 13.8. The summed E-state index contributed by atoms with van der Waals surface area (Å²) in [4.78, 5) is 12.0. The molecule has 1 aromatic rings. The Hall–Kier alpha value is -1.07. The topological polar surface area (TPSA) is 51.5 Å². The number of rotatable bonds is 6. The molecule has 1 amide bonds. The normalized spacial score (nSPS) is 22.8. The smallest absolute Gasteiger partial charge is 0.251 e. The third-order valence-corrected chi connectivity index (χ3v) is 10.8. The second-order valence-electron chi connectivity index (χ2n) is 6.86. The zero-order valence-corrected chi connectivity index (χ0v) is 14.8. The average molecular weight is 309 g/mol. The van der Waals surface area contributed by atoms with Crippen LogP contribution in [0, 0.1) is 0 Å². The minimum atomic E-state index is -2.06. The molecule has 2 unspecified atom stereocenters. The molecule has 0 spiro atoms. The van der Waals surface area contributed by atoms with Crippen molar-refractivity contribution in [3.05, 3.63) is 24.2 Å². The van der Waals surface area contributed by atoms with E-state index in [1.165, 1.54) is 0 Å². The average Bonchev–Trinajstić information content (AvgIpc) is 2.88. The highest BCUT2D eigenvalue weighted by molar-refractivity contribution is 6.77. The first kappa shape index (κ1) is 16.3. The van der Waals surface area contributed by atoms with Gasteiger partial charge in [0.15, 0.2) is 6.10 Å². The molecule has 1 aliphatic heterocycles. The zero-order chi connectivity index (χ0) is 15.8. The fraction of sp³-hybridized carbons (Fsp3) is 0.688. The van der Waals surface area contributed by atoms with E-state index in [-0.39, 0.29) is 11.9 Å². The third-order valence-electron chi connectivity index (χ3n) is 4.75. The fourth-order valence-electron chi connectivity index (χ4n) is 3.80. The maximum atomic E-state index is 12.0. The van der Waals surface area contributed by atoms with Crippen molar-refractivity contribution in [3.63, 3.8) is 0 Å². The number of furan rings is 1. The van der Waals surface area contributed by atoms with Crippen LogP contribution in [0.15, 0.2) is 22.8 Å². The molecule has 4 nitrogen and oxygen atoms in total. The van der Waals surface area contributed by atoms with Gasteiger partial charge in [-0.15, -0.1) is 0 Å². The maximum Gasteiger partial charge on any atom is 0.251 e. The van der Waals surface area contributed by atoms with Crippen LogP contribution in [0.4, 0.5) is 0 Å². The molecule has 21 heavy (non-hydrogen) atoms. The van der Waals surface area contributed by atoms with Crippen molar-refractivity contribution in [2.75, 3.05) is 0 Å². The van der Waals surface area contributed by atoms with E-state index in [1.54, 1.807) is 6.26 Å². The van der Waals surface area contributed by atoms with Gasteiger partial charge in [-0.25, -0.2) is 0 Å². The van der Waals surface area contributed by atoms with Crippen LogP contribution in [0.3, 0.4) is 0 Å². The molecule has 2 heterocycles. The van der Waals surface area contributed by atoms with Gasteiger partial charge in [-0.2, -0.15) is 0 Å². The van der Waals surface area contributed by atoms with Crippen LogP contribution in [0.2, 0.25) is 16.6 Å². The van der Waals surface area contributed by atoms with Gasteiger partial charge in [0, 0.05) is 0 Å². The monoisotopic (exact) mass is 309 g/mol. The van der Waals surface area contributed by atoms with Gasteiger partial charge in [0.25, 0.3) is 5.91 Å². The Morgan fingerprint density at radius 3 is 2.10 bits per heavy atom. The molecule has 0 radical (unpaired) electrons. The molecule has 1 fully saturated rings. The van der Waals surface area contributed by atoms with Crippen molar-refractivity contribution in [2.24, 2.45) is 0 Å². The maximum absolute atomic E-state index is 12.0. The Labute approximate surface area is 128 Å². The van der Waals surface area contributed by atoms with Gasteiger partial charge in [-0.05, 0) is 28.8 Å². The number of hydrogen-bond acceptors (Lipinski definition) is 3. The van der Waals surface area contributed by atoms with Crippen LogP contribution >= 0.6 is 0 Å². The molecular formula is C16H27NO3Si. The van der Waals surface area contributed by atoms with Crippen LogP contribution in [-0.2, 0) is 9.22 Å². The molecule has 118 valence electrons. The number of nitrogens with one attached hydrogen (secondary N) is 1. The Balaban J connectivity index is 2.25. The highest BCUT2D eigenvalue weighted by atomic mass is 28.4. The van der Waals surface area contributed by atoms with Crippen LogP contribution in [0.5, 0.6) is 0 Å². The standard InChI is InChI=1S/C16H27NO3Si/c1-10(2)21(11(3)4,12(5)6)20-15-14(17-16(15)18)13-8-7-9-19-13/h7-12,14-15H,1-6H3,(H,17,18). The summed E-state index contributed by atoms with van der Waals surface area (Å²) < 4.78 is 12.0. The Kier molecular flexibility index (Phi) is 4.63. The van der Waals surface area contributed by atoms with Crippen LogP contribution in [0.25, 0.3) is 0 Å². The van der Waals surface area contributed by atoms with E-state index in [9.17, 15) is 4.79 Å². The first-order chi connectivity index (χ1) is 9.80. The van der Waals surface area contributed by atoms with E-state index >= 15 is 0 Å². The van der Waals surface area contributed by atoms with E-state index in [0.29, 0.717) is 16.6 Å². The van der Waals surface area contributed by atoms with Crippen molar-refractivity contribution < 1.29 is 13.6 Å². The summed E-state index contributed by atoms with van der Waals surface area (Å²) in [5, 5.41) is 2.90. The third kappa shape index (κ3) is 2.69. The summed E-state index contributed by atoms with van der Waals surface area (Å²) in [5.74, 6) is 0.758. The van der Waals surface area contributed by atoms with Crippen LogP contribution in [0.1, 0.15) is 53.3 Å². The lowest BCUT2D eigenvalue weighted by Crippen LogP contribution is -2.63. The number of carbonyl (C=O) groups is 1. The van der Waals surface area contributed by atoms with Crippen LogP contribution < -0.4 is 5.32 Å². The first-order valence-corrected chi connectivity index (χ1v) is 9.96. The highest BCUT2D eigenvalue weighted by Gasteiger charge is 2.53. The number of carbonyl (C=O) groups excluding carboxylic acids is 1. The van der Waals surface area contributed by atoms with Gasteiger partial charge >= 0.3 is 0 Å². The molecule has 1 N–H and O–H groups in total. The quantitative estimate of drug-likeness (QED) is 0.638. The van der Waals surface area contributed by atoms with E-state index in [4.69, 9.17) is 8.84 Å². The summed E-state index contributed by atoms with van der Waals surface area (Å²) in [6.45, 7) is 13.4. The molecule has 0 saturated carbocycles. The van der Waals surface area contributed by atoms with Crippen LogP contribution in [-0.4, -0.2) is 20.3 Å². The lowest BCUT2D eigenvalue weighted by atomic mass is 10.0. The number of β-lactam (4-membered cyclic amide) rings is 1. The molecular weight excluding hydrogens is 282 g/mol. The van der Waals surface area contributed by atoms with Gasteiger partial charge < -0.3 is 14.2 Å². The number of amides is 1. The predicted octanol–water partition coefficient (Wildman–Crippen LogP) is 4.01. The molecule has 0 aliphatic carbocycles. The van der Waals surface area contributed by atoms with Gasteiger partial charge in [0.05, 0.1) is 6.26 Å². The SMILES string of the molecule is CC(C)[Si](OC1C(=O)NC1c1ccco1)(C(C)C)C(C)C. The molecule has 2 atom stereocenters. The second-order valence-corrected chi connectivity index (χ2v) is 12.3. The molecule has 1 aliphatic rings. The van der Waals surface area contributed by atoms with Gasteiger partial charge in [0.2, 0.25) is 8.32 Å². The molecule has 0 bridgehead atoms. The Morgan fingerprint density at radius 1 is 1.14 bits per heavy atom. The molecule has 1 saturated heterocycles. The summed E-state index contributed by atoms with van der Waals surface area (Å²) in [6, 6.07) is 3.59. The van der Waals surface area contributed by atoms with Gasteiger partial charge in [0.1, 0.15) is 11.8 Å². The Morgan fingerprint density at radius 2 is 1.71 bits per heavy atom. The first-order valence-electron chi connectivity index (χ1n) is 7.82. The largest absolute Gasteiger partial charge is 0.467 e. The second kappa shape index (κ2) is 5.97. The molecule has 1 aromatic heterocycles. The summed E-state index contributed by atoms with van der Waals surface area (Å²) >= 11 is 0. The minimum absolute atomic E-state index is 0.0183. The Bertz CT molecular complexity index is 460. The van der Waals surface area contributed by atoms with E-state index in [1.807, 2.05) is 12.1 Å². The fourth-order valence-corrected chi connectivity index (χ4v) is 9.30. The predicted molar refractivity (Wildman–Crippen MR) is 85.5 cm³/mol. The van der Waals surface area contributed by atoms with E-state index in [0.717, 1.165) is 5.76 Å². The van der Waals surface area contributed by atoms with Crippen molar-refractivity contribution in [1.82, 2.24) is 5.32 Å². The summed E-state index contributed by atoms with van der Waals surface area (Å²) in [5.41, 5.74) is 1.38. The van der Waals surface area contributed by atoms with Crippen molar-refractivity contribution >= 4 is 14.2 Å². The van der Waals surface area contributed by atoms with E-state index < -0.39 is 14.4 Å². The minimum Gasteiger partial charge on any atom is -0.467 e. The van der Waals surface area contributed by atoms with E-state index in [2.05, 4.69) is 46.9 Å². The summed E-state index contributed by atoms with van der Waals surface area (Å²) in [7, 11) is -2.06. The van der Waals surface area contributed by atoms with Crippen molar-refractivity contribution in [1.29, 1.82) is 0 Å². The lowest BCUT2D eigenvalue weighted by molar-refractivity contribution is -0.142. The van der Waals surface area contributed by atoms with Crippen molar-refractivity contribution in [2.45, 2.75) is 70.3 Å². The summed E-state index contributed by atoms with van der Waals surface area (Å²) in [6.07, 6.45) is 1.23. The van der Waals surface area contributed by atoms with Gasteiger partial charge in [-0.1, -0.05) is 41.5 Å². The number of hydrogen-bond donors (Lipinski definition) is 1. The lowest BCUT2D eigenvalue weighted by Gasteiger charge is -2.48. The molecule has 5 heteroatoms. The highest BCUT2D eigenvalue weighted by Crippen LogP contribution is 2.45. The molecule has 2 rings (SSSR count). The molecule has 0 aromatic carbocycles. The van der Waals surface area contributed by atoms with Gasteiger partial charge in [-0.3, -0.25) is 4.79 Å².